The largest absolute Gasteiger partial charge is 0.313 e. The van der Waals surface area contributed by atoms with Crippen molar-refractivity contribution in [2.45, 2.75) is 52.0 Å². The average molecular weight is 220 g/mol. The van der Waals surface area contributed by atoms with E-state index in [2.05, 4.69) is 29.4 Å². The van der Waals surface area contributed by atoms with Crippen LogP contribution in [0.15, 0.2) is 18.3 Å². The topological polar surface area (TPSA) is 24.9 Å². The lowest BCUT2D eigenvalue weighted by atomic mass is 10.0. The summed E-state index contributed by atoms with van der Waals surface area (Å²) in [6.45, 7) is 4.28. The minimum Gasteiger partial charge on any atom is -0.313 e. The molecule has 1 N–H and O–H groups in total. The molecule has 0 fully saturated rings. The van der Waals surface area contributed by atoms with Gasteiger partial charge in [-0.25, -0.2) is 0 Å². The molecule has 0 aromatic carbocycles. The number of aromatic nitrogens is 1. The van der Waals surface area contributed by atoms with Crippen LogP contribution < -0.4 is 5.32 Å². The van der Waals surface area contributed by atoms with Crippen molar-refractivity contribution in [3.8, 4) is 0 Å². The van der Waals surface area contributed by atoms with Crippen LogP contribution in [-0.4, -0.2) is 12.0 Å². The first-order valence-electron chi connectivity index (χ1n) is 6.37. The average Bonchev–Trinajstić information content (AvgIpc) is 2.31. The van der Waals surface area contributed by atoms with Gasteiger partial charge in [-0.1, -0.05) is 38.7 Å². The molecule has 0 radical (unpaired) electrons. The molecule has 16 heavy (non-hydrogen) atoms. The molecule has 1 heterocycles. The zero-order chi connectivity index (χ0) is 11.8. The molecular formula is C14H24N2. The van der Waals surface area contributed by atoms with Crippen molar-refractivity contribution in [3.05, 3.63) is 29.6 Å². The highest BCUT2D eigenvalue weighted by atomic mass is 14.9. The molecule has 1 atom stereocenters. The van der Waals surface area contributed by atoms with Crippen molar-refractivity contribution < 1.29 is 0 Å². The van der Waals surface area contributed by atoms with E-state index >= 15 is 0 Å². The van der Waals surface area contributed by atoms with Crippen molar-refractivity contribution in [1.29, 1.82) is 0 Å². The molecule has 0 amide bonds. The number of hydrogen-bond donors (Lipinski definition) is 1. The predicted octanol–water partition coefficient (Wildman–Crippen LogP) is 3.62. The number of nitrogens with zero attached hydrogens (tertiary/aromatic N) is 1. The summed E-state index contributed by atoms with van der Waals surface area (Å²) in [6, 6.07) is 4.74. The number of aryl methyl sites for hydroxylation is 1. The first-order valence-corrected chi connectivity index (χ1v) is 6.37. The lowest BCUT2D eigenvalue weighted by Crippen LogP contribution is -2.16. The third-order valence-corrected chi connectivity index (χ3v) is 3.03. The summed E-state index contributed by atoms with van der Waals surface area (Å²) in [5.41, 5.74) is 2.40. The van der Waals surface area contributed by atoms with Crippen molar-refractivity contribution in [2.75, 3.05) is 7.05 Å². The molecule has 1 aromatic rings. The van der Waals surface area contributed by atoms with Gasteiger partial charge in [0.1, 0.15) is 0 Å². The number of hydrogen-bond acceptors (Lipinski definition) is 2. The third-order valence-electron chi connectivity index (χ3n) is 3.03. The quantitative estimate of drug-likeness (QED) is 0.710. The van der Waals surface area contributed by atoms with Crippen LogP contribution in [0.4, 0.5) is 0 Å². The number of unbranched alkanes of at least 4 members (excludes halogenated alkanes) is 3. The molecular weight excluding hydrogens is 196 g/mol. The van der Waals surface area contributed by atoms with Crippen molar-refractivity contribution >= 4 is 0 Å². The van der Waals surface area contributed by atoms with Gasteiger partial charge < -0.3 is 5.32 Å². The Morgan fingerprint density at radius 3 is 2.62 bits per heavy atom. The van der Waals surface area contributed by atoms with E-state index in [1.54, 1.807) is 0 Å². The Morgan fingerprint density at radius 1 is 1.25 bits per heavy atom. The Hall–Kier alpha value is -0.890. The first-order chi connectivity index (χ1) is 7.77. The number of rotatable bonds is 7. The molecule has 1 rings (SSSR count). The van der Waals surface area contributed by atoms with Crippen LogP contribution >= 0.6 is 0 Å². The summed E-state index contributed by atoms with van der Waals surface area (Å²) in [4.78, 5) is 4.35. The Bertz CT molecular complexity index is 279. The predicted molar refractivity (Wildman–Crippen MR) is 69.5 cm³/mol. The van der Waals surface area contributed by atoms with Gasteiger partial charge in [0.25, 0.3) is 0 Å². The lowest BCUT2D eigenvalue weighted by molar-refractivity contribution is 0.504. The summed E-state index contributed by atoms with van der Waals surface area (Å²) in [7, 11) is 2.03. The molecule has 2 nitrogen and oxygen atoms in total. The summed E-state index contributed by atoms with van der Waals surface area (Å²) >= 11 is 0. The monoisotopic (exact) mass is 220 g/mol. The van der Waals surface area contributed by atoms with Crippen LogP contribution in [0.25, 0.3) is 0 Å². The zero-order valence-corrected chi connectivity index (χ0v) is 10.8. The Labute approximate surface area is 99.5 Å². The van der Waals surface area contributed by atoms with Crippen molar-refractivity contribution in [3.63, 3.8) is 0 Å². The van der Waals surface area contributed by atoms with Crippen LogP contribution in [-0.2, 0) is 0 Å². The molecule has 2 heteroatoms. The van der Waals surface area contributed by atoms with Gasteiger partial charge in [-0.2, -0.15) is 0 Å². The fourth-order valence-electron chi connectivity index (χ4n) is 1.94. The lowest BCUT2D eigenvalue weighted by Gasteiger charge is -2.16. The van der Waals surface area contributed by atoms with Crippen LogP contribution in [0.3, 0.4) is 0 Å². The van der Waals surface area contributed by atoms with E-state index in [0.29, 0.717) is 6.04 Å². The second-order valence-electron chi connectivity index (χ2n) is 4.42. The van der Waals surface area contributed by atoms with E-state index in [4.69, 9.17) is 0 Å². The molecule has 0 aliphatic carbocycles. The van der Waals surface area contributed by atoms with E-state index in [9.17, 15) is 0 Å². The van der Waals surface area contributed by atoms with Crippen LogP contribution in [0.5, 0.6) is 0 Å². The Balaban J connectivity index is 2.44. The number of nitrogens with one attached hydrogen (secondary N) is 1. The third kappa shape index (κ3) is 4.31. The molecule has 0 saturated carbocycles. The normalized spacial score (nSPS) is 12.7. The minimum atomic E-state index is 0.463. The molecule has 1 aromatic heterocycles. The molecule has 0 aliphatic rings. The molecule has 1 unspecified atom stereocenters. The van der Waals surface area contributed by atoms with Gasteiger partial charge in [-0.05, 0) is 32.0 Å². The van der Waals surface area contributed by atoms with Gasteiger partial charge in [0.2, 0.25) is 0 Å². The maximum Gasteiger partial charge on any atom is 0.0372 e. The maximum atomic E-state index is 4.35. The Kier molecular flexibility index (Phi) is 6.09. The summed E-state index contributed by atoms with van der Waals surface area (Å²) in [5.74, 6) is 0. The highest BCUT2D eigenvalue weighted by molar-refractivity contribution is 5.16. The van der Waals surface area contributed by atoms with Crippen molar-refractivity contribution in [2.24, 2.45) is 0 Å². The Morgan fingerprint density at radius 2 is 2.06 bits per heavy atom. The molecule has 0 spiro atoms. The van der Waals surface area contributed by atoms with E-state index in [1.807, 2.05) is 20.2 Å². The van der Waals surface area contributed by atoms with E-state index in [1.165, 1.54) is 37.7 Å². The van der Waals surface area contributed by atoms with Gasteiger partial charge in [-0.15, -0.1) is 0 Å². The fourth-order valence-corrected chi connectivity index (χ4v) is 1.94. The smallest absolute Gasteiger partial charge is 0.0372 e. The van der Waals surface area contributed by atoms with Crippen LogP contribution in [0, 0.1) is 6.92 Å². The van der Waals surface area contributed by atoms with E-state index in [-0.39, 0.29) is 0 Å². The standard InChI is InChI=1S/C14H24N2/c1-4-5-6-7-8-14(15-3)13-10-9-12(2)16-11-13/h9-11,14-15H,4-8H2,1-3H3. The summed E-state index contributed by atoms with van der Waals surface area (Å²) in [5, 5.41) is 3.37. The SMILES string of the molecule is CCCCCCC(NC)c1ccc(C)nc1. The van der Waals surface area contributed by atoms with E-state index in [0.717, 1.165) is 5.69 Å². The van der Waals surface area contributed by atoms with Gasteiger partial charge in [0, 0.05) is 17.9 Å². The fraction of sp³-hybridized carbons (Fsp3) is 0.643. The van der Waals surface area contributed by atoms with Crippen LogP contribution in [0.2, 0.25) is 0 Å². The van der Waals surface area contributed by atoms with Crippen molar-refractivity contribution in [1.82, 2.24) is 10.3 Å². The summed E-state index contributed by atoms with van der Waals surface area (Å²) < 4.78 is 0. The molecule has 0 bridgehead atoms. The zero-order valence-electron chi connectivity index (χ0n) is 10.8. The second-order valence-corrected chi connectivity index (χ2v) is 4.42. The highest BCUT2D eigenvalue weighted by Gasteiger charge is 2.08. The summed E-state index contributed by atoms with van der Waals surface area (Å²) in [6.07, 6.45) is 8.50. The van der Waals surface area contributed by atoms with Gasteiger partial charge >= 0.3 is 0 Å². The number of pyridine rings is 1. The molecule has 90 valence electrons. The van der Waals surface area contributed by atoms with Gasteiger partial charge in [-0.3, -0.25) is 4.98 Å². The highest BCUT2D eigenvalue weighted by Crippen LogP contribution is 2.19. The van der Waals surface area contributed by atoms with Gasteiger partial charge in [0.05, 0.1) is 0 Å². The van der Waals surface area contributed by atoms with Gasteiger partial charge in [0.15, 0.2) is 0 Å². The first kappa shape index (κ1) is 13.2. The second kappa shape index (κ2) is 7.39. The maximum absolute atomic E-state index is 4.35. The minimum absolute atomic E-state index is 0.463. The van der Waals surface area contributed by atoms with Crippen LogP contribution in [0.1, 0.15) is 56.3 Å². The molecule has 0 saturated heterocycles. The molecule has 0 aliphatic heterocycles. The van der Waals surface area contributed by atoms with E-state index < -0.39 is 0 Å².